The van der Waals surface area contributed by atoms with Gasteiger partial charge >= 0.3 is 0 Å². The number of piperidine rings is 1. The van der Waals surface area contributed by atoms with E-state index in [9.17, 15) is 5.26 Å². The van der Waals surface area contributed by atoms with E-state index in [0.717, 1.165) is 13.0 Å². The third-order valence-corrected chi connectivity index (χ3v) is 4.83. The topological polar surface area (TPSA) is 28.2 Å². The molecule has 1 aliphatic rings. The second-order valence-electron chi connectivity index (χ2n) is 5.91. The Hall–Kier alpha value is -1.33. The number of hydrogen-bond donors (Lipinski definition) is 1. The van der Waals surface area contributed by atoms with Crippen LogP contribution in [0.5, 0.6) is 0 Å². The molecule has 0 bridgehead atoms. The molecule has 96 valence electrons. The molecule has 0 spiro atoms. The number of likely N-dealkylation sites (tertiary alicyclic amines) is 1. The third kappa shape index (κ3) is 2.15. The van der Waals surface area contributed by atoms with Crippen molar-refractivity contribution >= 4 is 0 Å². The second-order valence-corrected chi connectivity index (χ2v) is 5.91. The van der Waals surface area contributed by atoms with E-state index >= 15 is 0 Å². The van der Waals surface area contributed by atoms with Crippen LogP contribution >= 0.6 is 0 Å². The van der Waals surface area contributed by atoms with Gasteiger partial charge in [-0.25, -0.2) is 0 Å². The lowest BCUT2D eigenvalue weighted by Crippen LogP contribution is -3.15. The zero-order chi connectivity index (χ0) is 13.2. The molecule has 2 heteroatoms. The van der Waals surface area contributed by atoms with Crippen molar-refractivity contribution in [2.24, 2.45) is 5.92 Å². The molecule has 0 saturated carbocycles. The fourth-order valence-corrected chi connectivity index (χ4v) is 3.46. The summed E-state index contributed by atoms with van der Waals surface area (Å²) in [5.41, 5.74) is 1.40. The average molecular weight is 243 g/mol. The van der Waals surface area contributed by atoms with E-state index in [4.69, 9.17) is 0 Å². The Labute approximate surface area is 110 Å². The number of benzene rings is 1. The predicted octanol–water partition coefficient (Wildman–Crippen LogP) is 1.78. The van der Waals surface area contributed by atoms with Crippen molar-refractivity contribution in [2.75, 3.05) is 13.6 Å². The summed E-state index contributed by atoms with van der Waals surface area (Å²) in [5.74, 6) is 0.552. The maximum absolute atomic E-state index is 9.26. The quantitative estimate of drug-likeness (QED) is 0.842. The van der Waals surface area contributed by atoms with Gasteiger partial charge in [0.2, 0.25) is 0 Å². The van der Waals surface area contributed by atoms with Crippen LogP contribution in [-0.4, -0.2) is 19.6 Å². The molecule has 2 nitrogen and oxygen atoms in total. The largest absolute Gasteiger partial charge is 0.335 e. The first-order chi connectivity index (χ1) is 8.60. The van der Waals surface area contributed by atoms with Gasteiger partial charge in [0.15, 0.2) is 0 Å². The predicted molar refractivity (Wildman–Crippen MR) is 73.3 cm³/mol. The molecule has 1 saturated heterocycles. The molecule has 1 N–H and O–H groups in total. The van der Waals surface area contributed by atoms with Gasteiger partial charge in [-0.1, -0.05) is 37.3 Å². The maximum atomic E-state index is 9.26. The van der Waals surface area contributed by atoms with Crippen molar-refractivity contribution in [3.05, 3.63) is 35.9 Å². The van der Waals surface area contributed by atoms with Crippen molar-refractivity contribution in [3.63, 3.8) is 0 Å². The summed E-state index contributed by atoms with van der Waals surface area (Å²) in [6, 6.07) is 13.7. The van der Waals surface area contributed by atoms with Gasteiger partial charge in [-0.2, -0.15) is 5.26 Å². The van der Waals surface area contributed by atoms with E-state index < -0.39 is 0 Å². The molecule has 0 aliphatic carbocycles. The number of hydrogen-bond acceptors (Lipinski definition) is 1. The first kappa shape index (κ1) is 13.1. The Balaban J connectivity index is 2.41. The van der Waals surface area contributed by atoms with E-state index in [1.54, 1.807) is 4.90 Å². The third-order valence-electron chi connectivity index (χ3n) is 4.83. The van der Waals surface area contributed by atoms with Crippen LogP contribution in [0.4, 0.5) is 0 Å². The SMILES string of the molecule is C[C@@H]1C[C@](CC#N)(c2ccccc2)[C@@H](C)C[NH+]1C. The molecule has 1 fully saturated rings. The molecule has 1 aliphatic heterocycles. The monoisotopic (exact) mass is 243 g/mol. The zero-order valence-corrected chi connectivity index (χ0v) is 11.6. The van der Waals surface area contributed by atoms with Crippen LogP contribution in [0.15, 0.2) is 30.3 Å². The molecule has 0 radical (unpaired) electrons. The van der Waals surface area contributed by atoms with Gasteiger partial charge < -0.3 is 4.90 Å². The number of nitriles is 1. The highest BCUT2D eigenvalue weighted by Crippen LogP contribution is 2.40. The normalized spacial score (nSPS) is 36.0. The first-order valence-corrected chi connectivity index (χ1v) is 6.85. The lowest BCUT2D eigenvalue weighted by atomic mass is 9.63. The van der Waals surface area contributed by atoms with Crippen molar-refractivity contribution in [2.45, 2.75) is 38.1 Å². The van der Waals surface area contributed by atoms with Gasteiger partial charge in [-0.15, -0.1) is 0 Å². The van der Waals surface area contributed by atoms with Crippen molar-refractivity contribution in [3.8, 4) is 6.07 Å². The molecule has 1 aromatic rings. The summed E-state index contributed by atoms with van der Waals surface area (Å²) in [4.78, 5) is 1.59. The second kappa shape index (κ2) is 5.12. The molecule has 0 aromatic heterocycles. The molecular weight excluding hydrogens is 220 g/mol. The van der Waals surface area contributed by atoms with E-state index in [1.165, 1.54) is 5.56 Å². The summed E-state index contributed by atoms with van der Waals surface area (Å²) >= 11 is 0. The number of quaternary nitrogens is 1. The molecule has 1 unspecified atom stereocenters. The zero-order valence-electron chi connectivity index (χ0n) is 11.6. The average Bonchev–Trinajstić information content (AvgIpc) is 2.37. The molecule has 1 heterocycles. The number of nitrogens with zero attached hydrogens (tertiary/aromatic N) is 1. The van der Waals surface area contributed by atoms with Crippen LogP contribution in [0.1, 0.15) is 32.3 Å². The van der Waals surface area contributed by atoms with Gasteiger partial charge in [-0.05, 0) is 12.5 Å². The fraction of sp³-hybridized carbons (Fsp3) is 0.562. The Kier molecular flexibility index (Phi) is 3.73. The molecule has 0 amide bonds. The summed E-state index contributed by atoms with van der Waals surface area (Å²) in [6.07, 6.45) is 1.74. The Morgan fingerprint density at radius 2 is 2.00 bits per heavy atom. The molecule has 4 atom stereocenters. The van der Waals surface area contributed by atoms with Crippen LogP contribution < -0.4 is 4.90 Å². The van der Waals surface area contributed by atoms with E-state index in [2.05, 4.69) is 57.3 Å². The number of rotatable bonds is 2. The molecule has 1 aromatic carbocycles. The minimum absolute atomic E-state index is 0.0505. The summed E-state index contributed by atoms with van der Waals surface area (Å²) < 4.78 is 0. The maximum Gasteiger partial charge on any atom is 0.0853 e. The van der Waals surface area contributed by atoms with Gasteiger partial charge in [0.25, 0.3) is 0 Å². The first-order valence-electron chi connectivity index (χ1n) is 6.85. The van der Waals surface area contributed by atoms with E-state index in [-0.39, 0.29) is 5.41 Å². The molecule has 18 heavy (non-hydrogen) atoms. The summed E-state index contributed by atoms with van der Waals surface area (Å²) in [7, 11) is 2.27. The van der Waals surface area contributed by atoms with Gasteiger partial charge in [-0.3, -0.25) is 0 Å². The summed E-state index contributed by atoms with van der Waals surface area (Å²) in [5, 5.41) is 9.26. The highest BCUT2D eigenvalue weighted by atomic mass is 15.1. The molecule has 2 rings (SSSR count). The van der Waals surface area contributed by atoms with E-state index in [0.29, 0.717) is 18.4 Å². The number of nitrogens with one attached hydrogen (secondary N) is 1. The van der Waals surface area contributed by atoms with Gasteiger partial charge in [0.05, 0.1) is 25.7 Å². The lowest BCUT2D eigenvalue weighted by Gasteiger charge is -2.46. The standard InChI is InChI=1S/C16H22N2/c1-13-12-18(3)14(2)11-16(13,9-10-17)15-7-5-4-6-8-15/h4-8,13-14H,9,11-12H2,1-3H3/p+1/t13-,14+,16-/m0/s1. The van der Waals surface area contributed by atoms with Crippen LogP contribution in [0.2, 0.25) is 0 Å². The van der Waals surface area contributed by atoms with E-state index in [1.807, 2.05) is 0 Å². The molecular formula is C16H23N2+. The minimum atomic E-state index is 0.0505. The Morgan fingerprint density at radius 3 is 2.61 bits per heavy atom. The smallest absolute Gasteiger partial charge is 0.0853 e. The summed E-state index contributed by atoms with van der Waals surface area (Å²) in [6.45, 7) is 5.76. The minimum Gasteiger partial charge on any atom is -0.335 e. The van der Waals surface area contributed by atoms with Crippen LogP contribution in [-0.2, 0) is 5.41 Å². The fourth-order valence-electron chi connectivity index (χ4n) is 3.46. The highest BCUT2D eigenvalue weighted by Gasteiger charge is 2.45. The lowest BCUT2D eigenvalue weighted by molar-refractivity contribution is -0.915. The van der Waals surface area contributed by atoms with Crippen LogP contribution in [0.25, 0.3) is 0 Å². The Bertz CT molecular complexity index is 434. The van der Waals surface area contributed by atoms with Gasteiger partial charge in [0.1, 0.15) is 0 Å². The van der Waals surface area contributed by atoms with Crippen molar-refractivity contribution in [1.29, 1.82) is 5.26 Å². The Morgan fingerprint density at radius 1 is 1.33 bits per heavy atom. The van der Waals surface area contributed by atoms with Gasteiger partial charge in [0, 0.05) is 24.2 Å². The van der Waals surface area contributed by atoms with Crippen LogP contribution in [0.3, 0.4) is 0 Å². The highest BCUT2D eigenvalue weighted by molar-refractivity contribution is 5.28. The van der Waals surface area contributed by atoms with Crippen LogP contribution in [0, 0.1) is 17.2 Å². The van der Waals surface area contributed by atoms with Crippen molar-refractivity contribution < 1.29 is 4.90 Å². The van der Waals surface area contributed by atoms with Crippen molar-refractivity contribution in [1.82, 2.24) is 0 Å².